The molecular formula is C14H28N4O3S. The second kappa shape index (κ2) is 7.72. The zero-order valence-electron chi connectivity index (χ0n) is 13.7. The topological polar surface area (TPSA) is 64.2 Å². The first-order valence-electron chi connectivity index (χ1n) is 8.16. The van der Waals surface area contributed by atoms with E-state index in [9.17, 15) is 13.2 Å². The van der Waals surface area contributed by atoms with Crippen LogP contribution in [-0.4, -0.2) is 92.1 Å². The number of carbonyl (C=O) groups excluding carboxylic acids is 1. The number of rotatable bonds is 5. The van der Waals surface area contributed by atoms with E-state index in [1.54, 1.807) is 9.21 Å². The Kier molecular flexibility index (Phi) is 6.19. The molecule has 22 heavy (non-hydrogen) atoms. The second-order valence-electron chi connectivity index (χ2n) is 6.09. The molecule has 0 N–H and O–H groups in total. The van der Waals surface area contributed by atoms with Gasteiger partial charge in [-0.3, -0.25) is 4.79 Å². The number of hydrogen-bond acceptors (Lipinski definition) is 4. The van der Waals surface area contributed by atoms with Crippen LogP contribution in [0.1, 0.15) is 26.2 Å². The molecule has 0 spiro atoms. The first-order valence-corrected chi connectivity index (χ1v) is 9.56. The maximum absolute atomic E-state index is 12.6. The highest BCUT2D eigenvalue weighted by molar-refractivity contribution is 7.86. The minimum atomic E-state index is -3.37. The fraction of sp³-hybridized carbons (Fsp3) is 0.929. The normalized spacial score (nSPS) is 22.9. The lowest BCUT2D eigenvalue weighted by molar-refractivity contribution is -0.132. The highest BCUT2D eigenvalue weighted by atomic mass is 32.2. The van der Waals surface area contributed by atoms with E-state index in [0.29, 0.717) is 45.7 Å². The van der Waals surface area contributed by atoms with Gasteiger partial charge < -0.3 is 9.80 Å². The van der Waals surface area contributed by atoms with Gasteiger partial charge in [0.05, 0.1) is 0 Å². The Bertz CT molecular complexity index is 466. The van der Waals surface area contributed by atoms with Gasteiger partial charge in [0.2, 0.25) is 5.91 Å². The Hall–Kier alpha value is -0.700. The Morgan fingerprint density at radius 3 is 1.91 bits per heavy atom. The smallest absolute Gasteiger partial charge is 0.282 e. The van der Waals surface area contributed by atoms with Crippen molar-refractivity contribution in [3.05, 3.63) is 0 Å². The lowest BCUT2D eigenvalue weighted by Gasteiger charge is -2.39. The van der Waals surface area contributed by atoms with Crippen LogP contribution in [-0.2, 0) is 15.0 Å². The molecule has 0 atom stereocenters. The summed E-state index contributed by atoms with van der Waals surface area (Å²) < 4.78 is 28.4. The van der Waals surface area contributed by atoms with Crippen LogP contribution in [0.15, 0.2) is 0 Å². The molecule has 0 bridgehead atoms. The minimum absolute atomic E-state index is 0.151. The van der Waals surface area contributed by atoms with Gasteiger partial charge in [0, 0.05) is 58.8 Å². The van der Waals surface area contributed by atoms with Crippen molar-refractivity contribution in [3.8, 4) is 0 Å². The molecule has 128 valence electrons. The van der Waals surface area contributed by atoms with Crippen molar-refractivity contribution in [2.75, 3.05) is 59.4 Å². The van der Waals surface area contributed by atoms with Gasteiger partial charge in [-0.05, 0) is 13.5 Å². The predicted molar refractivity (Wildman–Crippen MR) is 85.7 cm³/mol. The summed E-state index contributed by atoms with van der Waals surface area (Å²) in [5.41, 5.74) is 0. The third-order valence-corrected chi connectivity index (χ3v) is 6.49. The van der Waals surface area contributed by atoms with E-state index >= 15 is 0 Å². The molecule has 0 aromatic rings. The number of nitrogens with zero attached hydrogens (tertiary/aromatic N) is 4. The predicted octanol–water partition coefficient (Wildman–Crippen LogP) is -0.187. The number of likely N-dealkylation sites (N-methyl/N-ethyl adjacent to an activating group) is 1. The van der Waals surface area contributed by atoms with Gasteiger partial charge in [-0.2, -0.15) is 17.0 Å². The number of carbonyl (C=O) groups is 1. The van der Waals surface area contributed by atoms with E-state index in [1.165, 1.54) is 4.31 Å². The van der Waals surface area contributed by atoms with Crippen molar-refractivity contribution in [2.45, 2.75) is 26.2 Å². The van der Waals surface area contributed by atoms with Crippen LogP contribution in [0, 0.1) is 0 Å². The lowest BCUT2D eigenvalue weighted by atomic mass is 10.2. The van der Waals surface area contributed by atoms with E-state index in [0.717, 1.165) is 25.9 Å². The van der Waals surface area contributed by atoms with Crippen molar-refractivity contribution in [2.24, 2.45) is 0 Å². The third-order valence-electron chi connectivity index (χ3n) is 4.45. The summed E-state index contributed by atoms with van der Waals surface area (Å²) in [5.74, 6) is 0.151. The van der Waals surface area contributed by atoms with Crippen LogP contribution in [0.2, 0.25) is 0 Å². The largest absolute Gasteiger partial charge is 0.340 e. The molecule has 2 rings (SSSR count). The molecule has 0 saturated carbocycles. The number of unbranched alkanes of at least 4 members (excludes halogenated alkanes) is 1. The number of amides is 1. The Morgan fingerprint density at radius 1 is 0.909 bits per heavy atom. The quantitative estimate of drug-likeness (QED) is 0.700. The Morgan fingerprint density at radius 2 is 1.41 bits per heavy atom. The van der Waals surface area contributed by atoms with Crippen molar-refractivity contribution in [3.63, 3.8) is 0 Å². The first-order chi connectivity index (χ1) is 10.4. The summed E-state index contributed by atoms with van der Waals surface area (Å²) >= 11 is 0. The van der Waals surface area contributed by atoms with Crippen LogP contribution in [0.25, 0.3) is 0 Å². The highest BCUT2D eigenvalue weighted by Gasteiger charge is 2.34. The van der Waals surface area contributed by atoms with Gasteiger partial charge in [-0.1, -0.05) is 13.3 Å². The summed E-state index contributed by atoms with van der Waals surface area (Å²) in [6.45, 7) is 6.55. The van der Waals surface area contributed by atoms with Gasteiger partial charge in [0.1, 0.15) is 0 Å². The van der Waals surface area contributed by atoms with Crippen LogP contribution in [0.5, 0.6) is 0 Å². The molecule has 7 nitrogen and oxygen atoms in total. The third kappa shape index (κ3) is 4.18. The molecule has 2 aliphatic heterocycles. The van der Waals surface area contributed by atoms with Crippen LogP contribution in [0.3, 0.4) is 0 Å². The highest BCUT2D eigenvalue weighted by Crippen LogP contribution is 2.15. The Balaban J connectivity index is 1.86. The van der Waals surface area contributed by atoms with Crippen LogP contribution >= 0.6 is 0 Å². The fourth-order valence-corrected chi connectivity index (χ4v) is 4.41. The summed E-state index contributed by atoms with van der Waals surface area (Å²) in [6, 6.07) is 0. The average Bonchev–Trinajstić information content (AvgIpc) is 2.53. The van der Waals surface area contributed by atoms with Gasteiger partial charge >= 0.3 is 0 Å². The fourth-order valence-electron chi connectivity index (χ4n) is 2.84. The van der Waals surface area contributed by atoms with E-state index in [2.05, 4.69) is 11.8 Å². The molecular weight excluding hydrogens is 304 g/mol. The molecule has 8 heteroatoms. The number of piperazine rings is 2. The maximum Gasteiger partial charge on any atom is 0.282 e. The van der Waals surface area contributed by atoms with Crippen LogP contribution < -0.4 is 0 Å². The summed E-state index contributed by atoms with van der Waals surface area (Å²) in [7, 11) is -1.37. The molecule has 2 saturated heterocycles. The molecule has 0 radical (unpaired) electrons. The van der Waals surface area contributed by atoms with E-state index in [4.69, 9.17) is 0 Å². The van der Waals surface area contributed by atoms with Crippen molar-refractivity contribution in [1.82, 2.24) is 18.4 Å². The molecule has 2 aliphatic rings. The van der Waals surface area contributed by atoms with Gasteiger partial charge in [-0.15, -0.1) is 0 Å². The van der Waals surface area contributed by atoms with Crippen molar-refractivity contribution in [1.29, 1.82) is 0 Å². The average molecular weight is 332 g/mol. The lowest BCUT2D eigenvalue weighted by Crippen LogP contribution is -2.57. The monoisotopic (exact) mass is 332 g/mol. The van der Waals surface area contributed by atoms with E-state index < -0.39 is 10.2 Å². The number of hydrogen-bond donors (Lipinski definition) is 0. The molecule has 2 heterocycles. The standard InChI is InChI=1S/C14H28N4O3S/c1-3-4-5-14(19)16-8-12-18(13-9-16)22(20,21)17-10-6-15(2)7-11-17/h3-13H2,1-2H3. The maximum atomic E-state index is 12.6. The van der Waals surface area contributed by atoms with E-state index in [-0.39, 0.29) is 5.91 Å². The molecule has 0 aromatic carbocycles. The Labute approximate surface area is 134 Å². The van der Waals surface area contributed by atoms with Gasteiger partial charge in [-0.25, -0.2) is 0 Å². The molecule has 0 aromatic heterocycles. The second-order valence-corrected chi connectivity index (χ2v) is 8.02. The SMILES string of the molecule is CCCCC(=O)N1CCN(S(=O)(=O)N2CCN(C)CC2)CC1. The molecule has 0 unspecified atom stereocenters. The van der Waals surface area contributed by atoms with Gasteiger partial charge in [0.15, 0.2) is 0 Å². The molecule has 2 fully saturated rings. The minimum Gasteiger partial charge on any atom is -0.340 e. The molecule has 0 aliphatic carbocycles. The summed E-state index contributed by atoms with van der Waals surface area (Å²) in [4.78, 5) is 15.9. The molecule has 1 amide bonds. The van der Waals surface area contributed by atoms with Gasteiger partial charge in [0.25, 0.3) is 10.2 Å². The zero-order valence-corrected chi connectivity index (χ0v) is 14.5. The first kappa shape index (κ1) is 17.7. The summed E-state index contributed by atoms with van der Waals surface area (Å²) in [5, 5.41) is 0. The van der Waals surface area contributed by atoms with Crippen molar-refractivity contribution < 1.29 is 13.2 Å². The van der Waals surface area contributed by atoms with E-state index in [1.807, 2.05) is 7.05 Å². The van der Waals surface area contributed by atoms with Crippen LogP contribution in [0.4, 0.5) is 0 Å². The zero-order chi connectivity index (χ0) is 16.2. The summed E-state index contributed by atoms with van der Waals surface area (Å²) in [6.07, 6.45) is 2.48. The van der Waals surface area contributed by atoms with Crippen molar-refractivity contribution >= 4 is 16.1 Å².